The molecule has 0 bridgehead atoms. The van der Waals surface area contributed by atoms with E-state index >= 15 is 0 Å². The number of carbonyl (C=O) groups is 1. The van der Waals surface area contributed by atoms with Crippen LogP contribution in [-0.2, 0) is 0 Å². The number of piperazine rings is 1. The van der Waals surface area contributed by atoms with Crippen LogP contribution in [0.2, 0.25) is 0 Å². The Kier molecular flexibility index (Phi) is 3.48. The van der Waals surface area contributed by atoms with Crippen LogP contribution in [-0.4, -0.2) is 59.3 Å². The summed E-state index contributed by atoms with van der Waals surface area (Å²) in [6.07, 6.45) is 5.80. The lowest BCUT2D eigenvalue weighted by Gasteiger charge is -2.43. The fraction of sp³-hybridized carbons (Fsp3) is 0.643. The standard InChI is InChI=1S/C14H21N3O/c18-14(13-5-3-6-15-13)11-16-8-9-17-7-2-1-4-12(17)10-16/h3,5-6,12,15H,1-2,4,7-11H2. The predicted molar refractivity (Wildman–Crippen MR) is 70.8 cm³/mol. The molecule has 0 aromatic carbocycles. The van der Waals surface area contributed by atoms with Crippen molar-refractivity contribution in [2.45, 2.75) is 25.3 Å². The highest BCUT2D eigenvalue weighted by Crippen LogP contribution is 2.21. The van der Waals surface area contributed by atoms with Gasteiger partial charge in [0.1, 0.15) is 0 Å². The zero-order valence-corrected chi connectivity index (χ0v) is 10.8. The first kappa shape index (κ1) is 11.9. The van der Waals surface area contributed by atoms with Gasteiger partial charge in [-0.15, -0.1) is 0 Å². The van der Waals surface area contributed by atoms with Gasteiger partial charge in [-0.2, -0.15) is 0 Å². The molecule has 2 aliphatic heterocycles. The van der Waals surface area contributed by atoms with Crippen molar-refractivity contribution >= 4 is 5.78 Å². The molecule has 3 rings (SSSR count). The molecule has 0 amide bonds. The summed E-state index contributed by atoms with van der Waals surface area (Å²) in [4.78, 5) is 20.0. The largest absolute Gasteiger partial charge is 0.359 e. The van der Waals surface area contributed by atoms with Gasteiger partial charge in [0, 0.05) is 31.9 Å². The van der Waals surface area contributed by atoms with E-state index in [4.69, 9.17) is 0 Å². The summed E-state index contributed by atoms with van der Waals surface area (Å²) in [5.74, 6) is 0.212. The van der Waals surface area contributed by atoms with Gasteiger partial charge in [0.05, 0.1) is 12.2 Å². The molecule has 18 heavy (non-hydrogen) atoms. The Hall–Kier alpha value is -1.13. The van der Waals surface area contributed by atoms with E-state index in [1.807, 2.05) is 18.3 Å². The minimum absolute atomic E-state index is 0.212. The van der Waals surface area contributed by atoms with Gasteiger partial charge in [-0.1, -0.05) is 6.42 Å². The molecule has 1 aromatic rings. The van der Waals surface area contributed by atoms with Crippen molar-refractivity contribution < 1.29 is 4.79 Å². The van der Waals surface area contributed by atoms with E-state index in [1.165, 1.54) is 25.8 Å². The summed E-state index contributed by atoms with van der Waals surface area (Å²) in [6, 6.07) is 4.43. The molecular weight excluding hydrogens is 226 g/mol. The second-order valence-electron chi connectivity index (χ2n) is 5.43. The number of Topliss-reactive ketones (excluding diaryl/α,β-unsaturated/α-hetero) is 1. The number of nitrogens with one attached hydrogen (secondary N) is 1. The summed E-state index contributed by atoms with van der Waals surface area (Å²) in [6.45, 7) is 5.03. The second kappa shape index (κ2) is 5.24. The van der Waals surface area contributed by atoms with Crippen LogP contribution in [0.3, 0.4) is 0 Å². The second-order valence-corrected chi connectivity index (χ2v) is 5.43. The van der Waals surface area contributed by atoms with Gasteiger partial charge in [-0.3, -0.25) is 14.6 Å². The van der Waals surface area contributed by atoms with Gasteiger partial charge in [0.2, 0.25) is 0 Å². The minimum atomic E-state index is 0.212. The summed E-state index contributed by atoms with van der Waals surface area (Å²) < 4.78 is 0. The van der Waals surface area contributed by atoms with E-state index in [0.29, 0.717) is 12.6 Å². The Balaban J connectivity index is 1.56. The third-order valence-corrected chi connectivity index (χ3v) is 4.19. The lowest BCUT2D eigenvalue weighted by Crippen LogP contribution is -2.55. The van der Waals surface area contributed by atoms with Crippen molar-refractivity contribution in [3.05, 3.63) is 24.0 Å². The Morgan fingerprint density at radius 1 is 1.33 bits per heavy atom. The van der Waals surface area contributed by atoms with Gasteiger partial charge >= 0.3 is 0 Å². The molecule has 4 heteroatoms. The van der Waals surface area contributed by atoms with Crippen molar-refractivity contribution in [2.75, 3.05) is 32.7 Å². The summed E-state index contributed by atoms with van der Waals surface area (Å²) >= 11 is 0. The van der Waals surface area contributed by atoms with Crippen LogP contribution in [0.25, 0.3) is 0 Å². The highest BCUT2D eigenvalue weighted by atomic mass is 16.1. The van der Waals surface area contributed by atoms with Crippen LogP contribution >= 0.6 is 0 Å². The zero-order valence-electron chi connectivity index (χ0n) is 10.8. The van der Waals surface area contributed by atoms with Gasteiger partial charge in [-0.25, -0.2) is 0 Å². The molecule has 4 nitrogen and oxygen atoms in total. The van der Waals surface area contributed by atoms with Gasteiger partial charge in [-0.05, 0) is 31.5 Å². The normalized spacial score (nSPS) is 25.9. The van der Waals surface area contributed by atoms with Crippen molar-refractivity contribution in [1.82, 2.24) is 14.8 Å². The number of carbonyl (C=O) groups excluding carboxylic acids is 1. The first-order valence-corrected chi connectivity index (χ1v) is 6.96. The van der Waals surface area contributed by atoms with Crippen LogP contribution in [0.1, 0.15) is 29.8 Å². The maximum atomic E-state index is 12.0. The van der Waals surface area contributed by atoms with E-state index in [9.17, 15) is 4.79 Å². The quantitative estimate of drug-likeness (QED) is 0.820. The number of hydrogen-bond donors (Lipinski definition) is 1. The fourth-order valence-corrected chi connectivity index (χ4v) is 3.16. The van der Waals surface area contributed by atoms with E-state index in [-0.39, 0.29) is 5.78 Å². The van der Waals surface area contributed by atoms with Crippen molar-refractivity contribution in [3.63, 3.8) is 0 Å². The van der Waals surface area contributed by atoms with Gasteiger partial charge in [0.15, 0.2) is 5.78 Å². The van der Waals surface area contributed by atoms with E-state index in [2.05, 4.69) is 14.8 Å². The first-order valence-electron chi connectivity index (χ1n) is 6.96. The smallest absolute Gasteiger partial charge is 0.192 e. The molecule has 0 radical (unpaired) electrons. The summed E-state index contributed by atoms with van der Waals surface area (Å²) in [5.41, 5.74) is 0.737. The number of fused-ring (bicyclic) bond motifs is 1. The number of aromatic amines is 1. The number of rotatable bonds is 3. The Morgan fingerprint density at radius 2 is 2.28 bits per heavy atom. The first-order chi connectivity index (χ1) is 8.83. The lowest BCUT2D eigenvalue weighted by atomic mass is 9.99. The fourth-order valence-electron chi connectivity index (χ4n) is 3.16. The molecule has 2 fully saturated rings. The third kappa shape index (κ3) is 2.49. The molecule has 0 saturated carbocycles. The Bertz CT molecular complexity index is 401. The molecule has 1 atom stereocenters. The molecular formula is C14H21N3O. The Morgan fingerprint density at radius 3 is 3.11 bits per heavy atom. The topological polar surface area (TPSA) is 39.3 Å². The number of hydrogen-bond acceptors (Lipinski definition) is 3. The maximum Gasteiger partial charge on any atom is 0.192 e. The zero-order chi connectivity index (χ0) is 12.4. The van der Waals surface area contributed by atoms with E-state index < -0.39 is 0 Å². The molecule has 1 N–H and O–H groups in total. The van der Waals surface area contributed by atoms with Crippen LogP contribution in [0.5, 0.6) is 0 Å². The molecule has 1 unspecified atom stereocenters. The molecule has 2 saturated heterocycles. The van der Waals surface area contributed by atoms with Crippen molar-refractivity contribution in [3.8, 4) is 0 Å². The molecule has 2 aliphatic rings. The molecule has 0 spiro atoms. The van der Waals surface area contributed by atoms with E-state index in [1.54, 1.807) is 0 Å². The number of aromatic nitrogens is 1. The molecule has 1 aromatic heterocycles. The number of nitrogens with zero attached hydrogens (tertiary/aromatic N) is 2. The van der Waals surface area contributed by atoms with Crippen LogP contribution in [0.15, 0.2) is 18.3 Å². The summed E-state index contributed by atoms with van der Waals surface area (Å²) in [7, 11) is 0. The highest BCUT2D eigenvalue weighted by molar-refractivity contribution is 5.95. The number of H-pyrrole nitrogens is 1. The highest BCUT2D eigenvalue weighted by Gasteiger charge is 2.29. The van der Waals surface area contributed by atoms with E-state index in [0.717, 1.165) is 25.3 Å². The van der Waals surface area contributed by atoms with Crippen LogP contribution in [0, 0.1) is 0 Å². The minimum Gasteiger partial charge on any atom is -0.359 e. The molecule has 0 aliphatic carbocycles. The molecule has 3 heterocycles. The average molecular weight is 247 g/mol. The SMILES string of the molecule is O=C(CN1CCN2CCCCC2C1)c1ccc[nH]1. The van der Waals surface area contributed by atoms with Gasteiger partial charge < -0.3 is 4.98 Å². The average Bonchev–Trinajstić information content (AvgIpc) is 2.92. The monoisotopic (exact) mass is 247 g/mol. The summed E-state index contributed by atoms with van der Waals surface area (Å²) in [5, 5.41) is 0. The number of piperidine rings is 1. The van der Waals surface area contributed by atoms with Crippen molar-refractivity contribution in [1.29, 1.82) is 0 Å². The third-order valence-electron chi connectivity index (χ3n) is 4.19. The Labute approximate surface area is 108 Å². The van der Waals surface area contributed by atoms with Crippen LogP contribution in [0.4, 0.5) is 0 Å². The maximum absolute atomic E-state index is 12.0. The number of ketones is 1. The van der Waals surface area contributed by atoms with Crippen LogP contribution < -0.4 is 0 Å². The van der Waals surface area contributed by atoms with Gasteiger partial charge in [0.25, 0.3) is 0 Å². The lowest BCUT2D eigenvalue weighted by molar-refractivity contribution is 0.0468. The molecule has 98 valence electrons. The predicted octanol–water partition coefficient (Wildman–Crippen LogP) is 1.37. The van der Waals surface area contributed by atoms with Crippen molar-refractivity contribution in [2.24, 2.45) is 0 Å².